The third-order valence-corrected chi connectivity index (χ3v) is 5.22. The number of nitrogens with one attached hydrogen (secondary N) is 1. The zero-order valence-corrected chi connectivity index (χ0v) is 13.7. The summed E-state index contributed by atoms with van der Waals surface area (Å²) < 4.78 is 28.1. The van der Waals surface area contributed by atoms with Gasteiger partial charge in [-0.3, -0.25) is 4.98 Å². The number of hydrogen-bond donors (Lipinski definition) is 1. The maximum Gasteiger partial charge on any atom is 0.242 e. The normalized spacial score (nSPS) is 11.5. The molecule has 0 radical (unpaired) electrons. The van der Waals surface area contributed by atoms with Crippen LogP contribution in [0.5, 0.6) is 0 Å². The highest BCUT2D eigenvalue weighted by Gasteiger charge is 2.17. The van der Waals surface area contributed by atoms with Gasteiger partial charge in [0, 0.05) is 15.1 Å². The van der Waals surface area contributed by atoms with E-state index in [1.807, 2.05) is 6.07 Å². The van der Waals surface area contributed by atoms with E-state index in [-0.39, 0.29) is 11.4 Å². The van der Waals surface area contributed by atoms with E-state index in [2.05, 4.69) is 41.6 Å². The van der Waals surface area contributed by atoms with Crippen LogP contribution in [-0.4, -0.2) is 13.4 Å². The van der Waals surface area contributed by atoms with Crippen molar-refractivity contribution >= 4 is 41.9 Å². The van der Waals surface area contributed by atoms with Crippen molar-refractivity contribution in [2.45, 2.75) is 11.4 Å². The summed E-state index contributed by atoms with van der Waals surface area (Å²) in [5.41, 5.74) is 0.666. The molecule has 100 valence electrons. The third-order valence-electron chi connectivity index (χ3n) is 2.35. The molecule has 0 saturated carbocycles. The lowest BCUT2D eigenvalue weighted by atomic mass is 10.4. The van der Waals surface area contributed by atoms with E-state index in [1.54, 1.807) is 30.5 Å². The molecule has 0 amide bonds. The minimum atomic E-state index is -3.56. The van der Waals surface area contributed by atoms with Gasteiger partial charge in [0.1, 0.15) is 0 Å². The van der Waals surface area contributed by atoms with E-state index in [9.17, 15) is 8.42 Å². The molecule has 4 nitrogen and oxygen atoms in total. The summed E-state index contributed by atoms with van der Waals surface area (Å²) in [6.07, 6.45) is 1.62. The number of nitrogens with zero attached hydrogens (tertiary/aromatic N) is 1. The van der Waals surface area contributed by atoms with Crippen LogP contribution in [-0.2, 0) is 16.6 Å². The lowest BCUT2D eigenvalue weighted by Crippen LogP contribution is -2.24. The third kappa shape index (κ3) is 3.85. The topological polar surface area (TPSA) is 59.1 Å². The number of aromatic nitrogens is 1. The Hall–Kier alpha value is -0.760. The Morgan fingerprint density at radius 3 is 2.58 bits per heavy atom. The van der Waals surface area contributed by atoms with Crippen molar-refractivity contribution in [3.05, 3.63) is 57.2 Å². The molecule has 2 rings (SSSR count). The molecule has 0 spiro atoms. The fraction of sp³-hybridized carbons (Fsp3) is 0.0833. The molecule has 0 aliphatic heterocycles. The maximum absolute atomic E-state index is 12.2. The first-order valence-electron chi connectivity index (χ1n) is 5.34. The van der Waals surface area contributed by atoms with Gasteiger partial charge in [0.25, 0.3) is 0 Å². The monoisotopic (exact) mass is 404 g/mol. The van der Waals surface area contributed by atoms with Gasteiger partial charge in [0.05, 0.1) is 17.1 Å². The van der Waals surface area contributed by atoms with Crippen LogP contribution in [0.1, 0.15) is 5.69 Å². The van der Waals surface area contributed by atoms with Crippen molar-refractivity contribution < 1.29 is 8.42 Å². The molecule has 0 fully saturated rings. The number of hydrogen-bond acceptors (Lipinski definition) is 3. The number of pyridine rings is 1. The molecular weight excluding hydrogens is 396 g/mol. The van der Waals surface area contributed by atoms with Crippen LogP contribution in [0.25, 0.3) is 0 Å². The van der Waals surface area contributed by atoms with E-state index in [0.29, 0.717) is 10.2 Å². The van der Waals surface area contributed by atoms with Gasteiger partial charge in [0.15, 0.2) is 0 Å². The molecular formula is C12H10Br2N2O2S. The van der Waals surface area contributed by atoms with E-state index in [1.165, 1.54) is 6.07 Å². The van der Waals surface area contributed by atoms with Crippen LogP contribution in [0.15, 0.2) is 56.4 Å². The van der Waals surface area contributed by atoms with E-state index >= 15 is 0 Å². The second kappa shape index (κ2) is 6.13. The lowest BCUT2D eigenvalue weighted by Gasteiger charge is -2.08. The summed E-state index contributed by atoms with van der Waals surface area (Å²) in [6.45, 7) is 0.158. The second-order valence-corrected chi connectivity index (χ2v) is 7.23. The fourth-order valence-electron chi connectivity index (χ4n) is 1.44. The van der Waals surface area contributed by atoms with Crippen molar-refractivity contribution in [2.75, 3.05) is 0 Å². The first kappa shape index (κ1) is 14.6. The van der Waals surface area contributed by atoms with E-state index in [0.717, 1.165) is 4.47 Å². The number of benzene rings is 1. The molecule has 1 aromatic heterocycles. The van der Waals surface area contributed by atoms with Crippen LogP contribution in [0.2, 0.25) is 0 Å². The first-order valence-corrected chi connectivity index (χ1v) is 8.40. The van der Waals surface area contributed by atoms with Gasteiger partial charge in [-0.15, -0.1) is 0 Å². The van der Waals surface area contributed by atoms with Crippen molar-refractivity contribution in [1.82, 2.24) is 9.71 Å². The molecule has 1 aromatic carbocycles. The molecule has 0 unspecified atom stereocenters. The van der Waals surface area contributed by atoms with Gasteiger partial charge in [-0.1, -0.05) is 22.0 Å². The van der Waals surface area contributed by atoms with Crippen LogP contribution in [0, 0.1) is 0 Å². The molecule has 0 aliphatic rings. The molecule has 0 bridgehead atoms. The second-order valence-electron chi connectivity index (χ2n) is 3.72. The Kier molecular flexibility index (Phi) is 4.72. The van der Waals surface area contributed by atoms with Crippen LogP contribution < -0.4 is 4.72 Å². The Bertz CT molecular complexity index is 675. The minimum Gasteiger partial charge on any atom is -0.260 e. The number of halogens is 2. The quantitative estimate of drug-likeness (QED) is 0.850. The number of sulfonamides is 1. The highest BCUT2D eigenvalue weighted by Crippen LogP contribution is 2.25. The van der Waals surface area contributed by atoms with Gasteiger partial charge in [-0.05, 0) is 46.3 Å². The summed E-state index contributed by atoms with van der Waals surface area (Å²) >= 11 is 6.53. The molecule has 7 heteroatoms. The first-order chi connectivity index (χ1) is 8.99. The fourth-order valence-corrected chi connectivity index (χ4v) is 4.19. The smallest absolute Gasteiger partial charge is 0.242 e. The summed E-state index contributed by atoms with van der Waals surface area (Å²) in [5.74, 6) is 0. The molecule has 0 aliphatic carbocycles. The largest absolute Gasteiger partial charge is 0.260 e. The molecule has 2 aromatic rings. The SMILES string of the molecule is O=S(=O)(NCc1ccccn1)c1ccc(Br)cc1Br. The molecule has 0 saturated heterocycles. The van der Waals surface area contributed by atoms with Crippen LogP contribution in [0.3, 0.4) is 0 Å². The van der Waals surface area contributed by atoms with Gasteiger partial charge in [-0.2, -0.15) is 0 Å². The number of rotatable bonds is 4. The minimum absolute atomic E-state index is 0.158. The Morgan fingerprint density at radius 2 is 1.95 bits per heavy atom. The zero-order valence-electron chi connectivity index (χ0n) is 9.68. The highest BCUT2D eigenvalue weighted by molar-refractivity contribution is 9.11. The van der Waals surface area contributed by atoms with Gasteiger partial charge < -0.3 is 0 Å². The van der Waals surface area contributed by atoms with Crippen molar-refractivity contribution in [1.29, 1.82) is 0 Å². The van der Waals surface area contributed by atoms with Gasteiger partial charge in [-0.25, -0.2) is 13.1 Å². The van der Waals surface area contributed by atoms with Crippen molar-refractivity contribution in [3.63, 3.8) is 0 Å². The summed E-state index contributed by atoms with van der Waals surface area (Å²) in [4.78, 5) is 4.27. The maximum atomic E-state index is 12.2. The summed E-state index contributed by atoms with van der Waals surface area (Å²) in [6, 6.07) is 10.3. The molecule has 1 heterocycles. The lowest BCUT2D eigenvalue weighted by molar-refractivity contribution is 0.580. The zero-order chi connectivity index (χ0) is 13.9. The Balaban J connectivity index is 2.19. The molecule has 0 atom stereocenters. The van der Waals surface area contributed by atoms with Gasteiger partial charge in [0.2, 0.25) is 10.0 Å². The Labute approximate surface area is 128 Å². The average molecular weight is 406 g/mol. The molecule has 1 N–H and O–H groups in total. The van der Waals surface area contributed by atoms with E-state index < -0.39 is 10.0 Å². The average Bonchev–Trinajstić information content (AvgIpc) is 2.37. The van der Waals surface area contributed by atoms with Crippen LogP contribution in [0.4, 0.5) is 0 Å². The summed E-state index contributed by atoms with van der Waals surface area (Å²) in [5, 5.41) is 0. The predicted molar refractivity (Wildman–Crippen MR) is 80.1 cm³/mol. The highest BCUT2D eigenvalue weighted by atomic mass is 79.9. The Morgan fingerprint density at radius 1 is 1.16 bits per heavy atom. The molecule has 19 heavy (non-hydrogen) atoms. The van der Waals surface area contributed by atoms with Crippen molar-refractivity contribution in [2.24, 2.45) is 0 Å². The summed E-state index contributed by atoms with van der Waals surface area (Å²) in [7, 11) is -3.56. The van der Waals surface area contributed by atoms with Crippen LogP contribution >= 0.6 is 31.9 Å². The van der Waals surface area contributed by atoms with E-state index in [4.69, 9.17) is 0 Å². The van der Waals surface area contributed by atoms with Crippen molar-refractivity contribution in [3.8, 4) is 0 Å². The predicted octanol–water partition coefficient (Wildman–Crippen LogP) is 3.09. The standard InChI is InChI=1S/C12H10Br2N2O2S/c13-9-4-5-12(11(14)7-9)19(17,18)16-8-10-3-1-2-6-15-10/h1-7,16H,8H2. The van der Waals surface area contributed by atoms with Gasteiger partial charge >= 0.3 is 0 Å².